The third kappa shape index (κ3) is 3.35. The molecular formula is C14H14ClNO2S. The molecule has 1 unspecified atom stereocenters. The molecule has 1 amide bonds. The Bertz CT molecular complexity index is 567. The summed E-state index contributed by atoms with van der Waals surface area (Å²) < 4.78 is 0. The Morgan fingerprint density at radius 1 is 1.37 bits per heavy atom. The van der Waals surface area contributed by atoms with Gasteiger partial charge in [0.05, 0.1) is 17.1 Å². The molecule has 0 fully saturated rings. The van der Waals surface area contributed by atoms with Gasteiger partial charge in [0.1, 0.15) is 5.60 Å². The van der Waals surface area contributed by atoms with Crippen LogP contribution in [0.5, 0.6) is 0 Å². The first-order valence-corrected chi connectivity index (χ1v) is 7.05. The molecule has 19 heavy (non-hydrogen) atoms. The first-order valence-electron chi connectivity index (χ1n) is 5.80. The van der Waals surface area contributed by atoms with Crippen LogP contribution in [0.1, 0.15) is 22.2 Å². The molecule has 0 saturated heterocycles. The van der Waals surface area contributed by atoms with Crippen LogP contribution in [0.4, 0.5) is 0 Å². The minimum Gasteiger partial charge on any atom is -0.383 e. The van der Waals surface area contributed by atoms with Gasteiger partial charge in [-0.05, 0) is 30.5 Å². The maximum atomic E-state index is 12.0. The lowest BCUT2D eigenvalue weighted by Gasteiger charge is -2.22. The van der Waals surface area contributed by atoms with Crippen molar-refractivity contribution in [1.82, 2.24) is 5.32 Å². The fourth-order valence-corrected chi connectivity index (χ4v) is 2.67. The molecule has 0 spiro atoms. The Kier molecular flexibility index (Phi) is 4.24. The maximum absolute atomic E-state index is 12.0. The maximum Gasteiger partial charge on any atom is 0.252 e. The van der Waals surface area contributed by atoms with E-state index in [9.17, 15) is 9.90 Å². The van der Waals surface area contributed by atoms with Gasteiger partial charge in [-0.2, -0.15) is 0 Å². The van der Waals surface area contributed by atoms with Crippen molar-refractivity contribution in [1.29, 1.82) is 0 Å². The van der Waals surface area contributed by atoms with Crippen molar-refractivity contribution in [2.45, 2.75) is 12.5 Å². The fraction of sp³-hybridized carbons (Fsp3) is 0.214. The number of nitrogens with one attached hydrogen (secondary N) is 1. The van der Waals surface area contributed by atoms with Crippen LogP contribution in [0.15, 0.2) is 41.8 Å². The molecular weight excluding hydrogens is 282 g/mol. The van der Waals surface area contributed by atoms with E-state index in [0.29, 0.717) is 10.6 Å². The minimum atomic E-state index is -1.08. The largest absolute Gasteiger partial charge is 0.383 e. The van der Waals surface area contributed by atoms with Crippen LogP contribution in [0.3, 0.4) is 0 Å². The zero-order valence-corrected chi connectivity index (χ0v) is 12.0. The van der Waals surface area contributed by atoms with Gasteiger partial charge in [-0.1, -0.05) is 29.8 Å². The van der Waals surface area contributed by atoms with Gasteiger partial charge in [0, 0.05) is 4.88 Å². The summed E-state index contributed by atoms with van der Waals surface area (Å²) in [6, 6.07) is 10.5. The number of benzene rings is 1. The second-order valence-electron chi connectivity index (χ2n) is 4.41. The molecule has 1 atom stereocenters. The van der Waals surface area contributed by atoms with E-state index >= 15 is 0 Å². The number of rotatable bonds is 4. The molecule has 1 aromatic heterocycles. The summed E-state index contributed by atoms with van der Waals surface area (Å²) in [5.74, 6) is -0.289. The molecule has 0 aliphatic carbocycles. The summed E-state index contributed by atoms with van der Waals surface area (Å²) in [4.78, 5) is 12.8. The first kappa shape index (κ1) is 14.1. The second kappa shape index (κ2) is 5.74. The molecule has 1 heterocycles. The topological polar surface area (TPSA) is 49.3 Å². The molecule has 0 saturated carbocycles. The Hall–Kier alpha value is -1.36. The van der Waals surface area contributed by atoms with Crippen LogP contribution in [0, 0.1) is 0 Å². The van der Waals surface area contributed by atoms with E-state index in [1.165, 1.54) is 11.3 Å². The summed E-state index contributed by atoms with van der Waals surface area (Å²) in [6.45, 7) is 1.81. The molecule has 2 rings (SSSR count). The van der Waals surface area contributed by atoms with E-state index in [0.717, 1.165) is 4.88 Å². The third-order valence-corrected chi connectivity index (χ3v) is 4.22. The average molecular weight is 296 g/mol. The quantitative estimate of drug-likeness (QED) is 0.911. The highest BCUT2D eigenvalue weighted by molar-refractivity contribution is 7.10. The number of amides is 1. The number of halogens is 1. The molecule has 2 aromatic rings. The number of carbonyl (C=O) groups excluding carboxylic acids is 1. The van der Waals surface area contributed by atoms with Crippen molar-refractivity contribution in [3.63, 3.8) is 0 Å². The van der Waals surface area contributed by atoms with Gasteiger partial charge in [-0.3, -0.25) is 4.79 Å². The van der Waals surface area contributed by atoms with Gasteiger partial charge < -0.3 is 10.4 Å². The van der Waals surface area contributed by atoms with E-state index in [1.54, 1.807) is 31.2 Å². The third-order valence-electron chi connectivity index (χ3n) is 2.76. The van der Waals surface area contributed by atoms with Crippen molar-refractivity contribution in [3.05, 3.63) is 57.2 Å². The lowest BCUT2D eigenvalue weighted by atomic mass is 10.1. The normalized spacial score (nSPS) is 13.8. The lowest BCUT2D eigenvalue weighted by Crippen LogP contribution is -2.38. The van der Waals surface area contributed by atoms with E-state index in [1.807, 2.05) is 17.5 Å². The summed E-state index contributed by atoms with van der Waals surface area (Å²) in [7, 11) is 0. The zero-order valence-electron chi connectivity index (χ0n) is 10.4. The van der Waals surface area contributed by atoms with Gasteiger partial charge in [0.25, 0.3) is 5.91 Å². The van der Waals surface area contributed by atoms with Crippen LogP contribution in [0.25, 0.3) is 0 Å². The van der Waals surface area contributed by atoms with Crippen LogP contribution in [-0.2, 0) is 5.60 Å². The molecule has 0 radical (unpaired) electrons. The van der Waals surface area contributed by atoms with Crippen molar-refractivity contribution < 1.29 is 9.90 Å². The summed E-state index contributed by atoms with van der Waals surface area (Å²) in [5.41, 5.74) is -0.670. The second-order valence-corrected chi connectivity index (χ2v) is 5.77. The molecule has 0 aliphatic rings. The van der Waals surface area contributed by atoms with E-state index in [2.05, 4.69) is 5.32 Å². The van der Waals surface area contributed by atoms with Crippen LogP contribution in [-0.4, -0.2) is 17.6 Å². The highest BCUT2D eigenvalue weighted by Crippen LogP contribution is 2.24. The zero-order chi connectivity index (χ0) is 13.9. The number of hydrogen-bond donors (Lipinski definition) is 2. The van der Waals surface area contributed by atoms with E-state index < -0.39 is 5.60 Å². The number of hydrogen-bond acceptors (Lipinski definition) is 3. The van der Waals surface area contributed by atoms with Crippen LogP contribution < -0.4 is 5.32 Å². The summed E-state index contributed by atoms with van der Waals surface area (Å²) >= 11 is 7.40. The van der Waals surface area contributed by atoms with Crippen LogP contribution in [0.2, 0.25) is 5.02 Å². The van der Waals surface area contributed by atoms with Crippen molar-refractivity contribution in [2.75, 3.05) is 6.54 Å². The first-order chi connectivity index (χ1) is 9.00. The van der Waals surface area contributed by atoms with E-state index in [4.69, 9.17) is 11.6 Å². The number of carbonyl (C=O) groups is 1. The lowest BCUT2D eigenvalue weighted by molar-refractivity contribution is 0.0557. The minimum absolute atomic E-state index is 0.136. The Labute approximate surface area is 120 Å². The molecule has 100 valence electrons. The van der Waals surface area contributed by atoms with Gasteiger partial charge in [0.2, 0.25) is 0 Å². The average Bonchev–Trinajstić information content (AvgIpc) is 2.91. The van der Waals surface area contributed by atoms with Crippen LogP contribution >= 0.6 is 22.9 Å². The highest BCUT2D eigenvalue weighted by Gasteiger charge is 2.25. The monoisotopic (exact) mass is 295 g/mol. The summed E-state index contributed by atoms with van der Waals surface area (Å²) in [6.07, 6.45) is 0. The van der Waals surface area contributed by atoms with Gasteiger partial charge in [-0.15, -0.1) is 11.3 Å². The molecule has 3 nitrogen and oxygen atoms in total. The van der Waals surface area contributed by atoms with Gasteiger partial charge in [0.15, 0.2) is 0 Å². The smallest absolute Gasteiger partial charge is 0.252 e. The van der Waals surface area contributed by atoms with Crippen molar-refractivity contribution in [3.8, 4) is 0 Å². The molecule has 0 aliphatic heterocycles. The number of thiophene rings is 1. The Balaban J connectivity index is 2.03. The van der Waals surface area contributed by atoms with E-state index in [-0.39, 0.29) is 12.5 Å². The standard InChI is InChI=1S/C14H14ClNO2S/c1-14(18,12-7-4-8-19-12)9-16-13(17)10-5-2-3-6-11(10)15/h2-8,18H,9H2,1H3,(H,16,17). The predicted molar refractivity (Wildman–Crippen MR) is 77.7 cm³/mol. The van der Waals surface area contributed by atoms with Gasteiger partial charge >= 0.3 is 0 Å². The fourth-order valence-electron chi connectivity index (χ4n) is 1.67. The van der Waals surface area contributed by atoms with Crippen molar-refractivity contribution >= 4 is 28.8 Å². The van der Waals surface area contributed by atoms with Gasteiger partial charge in [-0.25, -0.2) is 0 Å². The Morgan fingerprint density at radius 3 is 2.74 bits per heavy atom. The summed E-state index contributed by atoms with van der Waals surface area (Å²) in [5, 5.41) is 15.3. The molecule has 0 bridgehead atoms. The predicted octanol–water partition coefficient (Wildman–Crippen LogP) is 3.04. The SMILES string of the molecule is CC(O)(CNC(=O)c1ccccc1Cl)c1cccs1. The number of aliphatic hydroxyl groups is 1. The highest BCUT2D eigenvalue weighted by atomic mass is 35.5. The van der Waals surface area contributed by atoms with Crippen molar-refractivity contribution in [2.24, 2.45) is 0 Å². The molecule has 2 N–H and O–H groups in total. The molecule has 1 aromatic carbocycles. The molecule has 5 heteroatoms. The Morgan fingerprint density at radius 2 is 2.11 bits per heavy atom.